The minimum Gasteiger partial charge on any atom is -0.308 e. The van der Waals surface area contributed by atoms with Crippen molar-refractivity contribution in [1.82, 2.24) is 5.32 Å². The Hall–Kier alpha value is -0.0400. The van der Waals surface area contributed by atoms with Crippen LogP contribution in [0.4, 0.5) is 0 Å². The second-order valence-electron chi connectivity index (χ2n) is 6.63. The zero-order chi connectivity index (χ0) is 10.2. The fourth-order valence-corrected chi connectivity index (χ4v) is 3.15. The van der Waals surface area contributed by atoms with Gasteiger partial charge in [-0.2, -0.15) is 0 Å². The van der Waals surface area contributed by atoms with Crippen LogP contribution in [0.3, 0.4) is 0 Å². The quantitative estimate of drug-likeness (QED) is 0.675. The molecule has 0 bridgehead atoms. The minimum atomic E-state index is 0.486. The van der Waals surface area contributed by atoms with Crippen LogP contribution in [-0.4, -0.2) is 11.6 Å². The van der Waals surface area contributed by atoms with E-state index in [2.05, 4.69) is 26.1 Å². The Labute approximate surface area is 88.7 Å². The molecule has 1 spiro atoms. The molecular weight excluding hydrogens is 170 g/mol. The van der Waals surface area contributed by atoms with E-state index in [9.17, 15) is 0 Å². The molecule has 1 unspecified atom stereocenters. The van der Waals surface area contributed by atoms with Crippen molar-refractivity contribution in [2.45, 2.75) is 77.3 Å². The normalized spacial score (nSPS) is 31.5. The Morgan fingerprint density at radius 2 is 1.79 bits per heavy atom. The molecule has 82 valence electrons. The van der Waals surface area contributed by atoms with Crippen LogP contribution in [0.1, 0.15) is 65.7 Å². The first-order valence-corrected chi connectivity index (χ1v) is 6.27. The summed E-state index contributed by atoms with van der Waals surface area (Å²) in [4.78, 5) is 0. The number of nitrogens with one attached hydrogen (secondary N) is 1. The van der Waals surface area contributed by atoms with Gasteiger partial charge < -0.3 is 5.32 Å². The van der Waals surface area contributed by atoms with Gasteiger partial charge in [0.05, 0.1) is 0 Å². The van der Waals surface area contributed by atoms with Crippen LogP contribution in [-0.2, 0) is 0 Å². The highest BCUT2D eigenvalue weighted by molar-refractivity contribution is 5.01. The predicted octanol–water partition coefficient (Wildman–Crippen LogP) is 3.49. The van der Waals surface area contributed by atoms with Gasteiger partial charge in [0.15, 0.2) is 0 Å². The molecule has 0 aromatic heterocycles. The zero-order valence-electron chi connectivity index (χ0n) is 10.0. The first-order valence-electron chi connectivity index (χ1n) is 6.27. The first kappa shape index (κ1) is 10.5. The lowest BCUT2D eigenvalue weighted by Crippen LogP contribution is -2.58. The smallest absolute Gasteiger partial charge is 0.0184 e. The second-order valence-corrected chi connectivity index (χ2v) is 6.63. The minimum absolute atomic E-state index is 0.486. The lowest BCUT2D eigenvalue weighted by molar-refractivity contribution is 0.0964. The monoisotopic (exact) mass is 195 g/mol. The van der Waals surface area contributed by atoms with E-state index in [0.29, 0.717) is 11.0 Å². The molecule has 1 aliphatic carbocycles. The lowest BCUT2D eigenvalue weighted by atomic mass is 9.69. The molecule has 2 aliphatic rings. The maximum absolute atomic E-state index is 3.92. The third kappa shape index (κ3) is 2.31. The molecule has 1 saturated heterocycles. The highest BCUT2D eigenvalue weighted by Crippen LogP contribution is 2.41. The standard InChI is InChI=1S/C13H25N/c1-12(2,3)10-11-6-4-7-13(14-11)8-5-9-13/h11,14H,4-10H2,1-3H3. The van der Waals surface area contributed by atoms with Gasteiger partial charge in [0.25, 0.3) is 0 Å². The summed E-state index contributed by atoms with van der Waals surface area (Å²) in [5.41, 5.74) is 1.08. The van der Waals surface area contributed by atoms with Crippen LogP contribution < -0.4 is 5.32 Å². The maximum Gasteiger partial charge on any atom is 0.0184 e. The Bertz CT molecular complexity index is 198. The molecule has 1 heteroatoms. The molecule has 1 heterocycles. The van der Waals surface area contributed by atoms with Crippen LogP contribution >= 0.6 is 0 Å². The predicted molar refractivity (Wildman–Crippen MR) is 61.4 cm³/mol. The Morgan fingerprint density at radius 1 is 1.14 bits per heavy atom. The summed E-state index contributed by atoms with van der Waals surface area (Å²) >= 11 is 0. The van der Waals surface area contributed by atoms with Gasteiger partial charge in [-0.1, -0.05) is 27.2 Å². The second kappa shape index (κ2) is 3.52. The molecular formula is C13H25N. The first-order chi connectivity index (χ1) is 6.49. The van der Waals surface area contributed by atoms with Gasteiger partial charge in [-0.05, 0) is 43.9 Å². The Kier molecular flexibility index (Phi) is 2.63. The highest BCUT2D eigenvalue weighted by atomic mass is 15.0. The summed E-state index contributed by atoms with van der Waals surface area (Å²) in [6.45, 7) is 7.07. The van der Waals surface area contributed by atoms with Crippen molar-refractivity contribution in [1.29, 1.82) is 0 Å². The summed E-state index contributed by atoms with van der Waals surface area (Å²) in [5.74, 6) is 0. The van der Waals surface area contributed by atoms with Crippen LogP contribution in [0.25, 0.3) is 0 Å². The van der Waals surface area contributed by atoms with E-state index in [-0.39, 0.29) is 0 Å². The molecule has 0 amide bonds. The van der Waals surface area contributed by atoms with Crippen molar-refractivity contribution >= 4 is 0 Å². The molecule has 14 heavy (non-hydrogen) atoms. The van der Waals surface area contributed by atoms with E-state index in [1.807, 2.05) is 0 Å². The molecule has 1 nitrogen and oxygen atoms in total. The molecule has 0 aromatic rings. The van der Waals surface area contributed by atoms with Crippen molar-refractivity contribution in [2.24, 2.45) is 5.41 Å². The molecule has 1 N–H and O–H groups in total. The Balaban J connectivity index is 1.88. The summed E-state index contributed by atoms with van der Waals surface area (Å²) in [5, 5.41) is 3.92. The maximum atomic E-state index is 3.92. The summed E-state index contributed by atoms with van der Waals surface area (Å²) in [6, 6.07) is 0.795. The van der Waals surface area contributed by atoms with Gasteiger partial charge in [-0.3, -0.25) is 0 Å². The van der Waals surface area contributed by atoms with Crippen LogP contribution in [0.2, 0.25) is 0 Å². The fourth-order valence-electron chi connectivity index (χ4n) is 3.15. The average molecular weight is 195 g/mol. The number of hydrogen-bond acceptors (Lipinski definition) is 1. The van der Waals surface area contributed by atoms with Gasteiger partial charge in [0, 0.05) is 11.6 Å². The van der Waals surface area contributed by atoms with E-state index in [0.717, 1.165) is 6.04 Å². The highest BCUT2D eigenvalue weighted by Gasteiger charge is 2.40. The van der Waals surface area contributed by atoms with E-state index in [1.54, 1.807) is 0 Å². The van der Waals surface area contributed by atoms with Crippen molar-refractivity contribution in [3.05, 3.63) is 0 Å². The van der Waals surface area contributed by atoms with Crippen LogP contribution in [0.15, 0.2) is 0 Å². The topological polar surface area (TPSA) is 12.0 Å². The van der Waals surface area contributed by atoms with Gasteiger partial charge in [0.2, 0.25) is 0 Å². The summed E-state index contributed by atoms with van der Waals surface area (Å²) in [7, 11) is 0. The van der Waals surface area contributed by atoms with Crippen molar-refractivity contribution in [2.75, 3.05) is 0 Å². The van der Waals surface area contributed by atoms with Crippen LogP contribution in [0.5, 0.6) is 0 Å². The average Bonchev–Trinajstić information content (AvgIpc) is 1.99. The molecule has 2 fully saturated rings. The summed E-state index contributed by atoms with van der Waals surface area (Å²) in [6.07, 6.45) is 9.96. The summed E-state index contributed by atoms with van der Waals surface area (Å²) < 4.78 is 0. The Morgan fingerprint density at radius 3 is 2.29 bits per heavy atom. The SMILES string of the molecule is CC(C)(C)CC1CCCC2(CCC2)N1. The third-order valence-corrected chi connectivity index (χ3v) is 3.89. The van der Waals surface area contributed by atoms with E-state index in [4.69, 9.17) is 0 Å². The number of hydrogen-bond donors (Lipinski definition) is 1. The van der Waals surface area contributed by atoms with E-state index >= 15 is 0 Å². The van der Waals surface area contributed by atoms with Gasteiger partial charge in [0.1, 0.15) is 0 Å². The molecule has 1 atom stereocenters. The van der Waals surface area contributed by atoms with Crippen molar-refractivity contribution in [3.63, 3.8) is 0 Å². The lowest BCUT2D eigenvalue weighted by Gasteiger charge is -2.49. The van der Waals surface area contributed by atoms with E-state index in [1.165, 1.54) is 44.9 Å². The van der Waals surface area contributed by atoms with Crippen molar-refractivity contribution in [3.8, 4) is 0 Å². The fraction of sp³-hybridized carbons (Fsp3) is 1.00. The molecule has 1 aliphatic heterocycles. The van der Waals surface area contributed by atoms with Gasteiger partial charge in [-0.15, -0.1) is 0 Å². The molecule has 2 rings (SSSR count). The van der Waals surface area contributed by atoms with E-state index < -0.39 is 0 Å². The van der Waals surface area contributed by atoms with Gasteiger partial charge >= 0.3 is 0 Å². The number of piperidine rings is 1. The molecule has 1 saturated carbocycles. The largest absolute Gasteiger partial charge is 0.308 e. The number of rotatable bonds is 1. The van der Waals surface area contributed by atoms with Crippen molar-refractivity contribution < 1.29 is 0 Å². The molecule has 0 aromatic carbocycles. The van der Waals surface area contributed by atoms with Crippen LogP contribution in [0, 0.1) is 5.41 Å². The third-order valence-electron chi connectivity index (χ3n) is 3.89. The zero-order valence-corrected chi connectivity index (χ0v) is 10.0. The van der Waals surface area contributed by atoms with Gasteiger partial charge in [-0.25, -0.2) is 0 Å². The molecule has 0 radical (unpaired) electrons.